The Hall–Kier alpha value is -1.35. The van der Waals surface area contributed by atoms with Crippen molar-refractivity contribution in [1.82, 2.24) is 5.32 Å². The molecule has 2 N–H and O–H groups in total. The average molecular weight is 205 g/mol. The van der Waals surface area contributed by atoms with Gasteiger partial charge in [-0.15, -0.1) is 0 Å². The molecule has 80 valence electrons. The van der Waals surface area contributed by atoms with E-state index in [4.69, 9.17) is 5.11 Å². The van der Waals surface area contributed by atoms with Crippen molar-refractivity contribution in [3.05, 3.63) is 35.4 Å². The molecule has 0 bridgehead atoms. The van der Waals surface area contributed by atoms with Gasteiger partial charge in [0, 0.05) is 6.54 Å². The lowest BCUT2D eigenvalue weighted by atomic mass is 10.1. The van der Waals surface area contributed by atoms with E-state index in [1.54, 1.807) is 0 Å². The molecule has 1 aliphatic carbocycles. The van der Waals surface area contributed by atoms with Crippen LogP contribution >= 0.6 is 0 Å². The number of nitrogens with one attached hydrogen (secondary N) is 1. The van der Waals surface area contributed by atoms with Crippen LogP contribution in [0.5, 0.6) is 0 Å². The molecule has 1 aromatic rings. The standard InChI is InChI=1S/C12H15NO2/c14-12(15)8-13-7-9-1-3-10(4-2-9)11-5-6-11/h1-4,11,13H,5-8H2,(H,14,15). The van der Waals surface area contributed by atoms with Crippen molar-refractivity contribution in [1.29, 1.82) is 0 Å². The zero-order valence-electron chi connectivity index (χ0n) is 8.57. The van der Waals surface area contributed by atoms with Crippen LogP contribution in [0.15, 0.2) is 24.3 Å². The van der Waals surface area contributed by atoms with Crippen molar-refractivity contribution in [2.45, 2.75) is 25.3 Å². The van der Waals surface area contributed by atoms with Crippen LogP contribution in [-0.4, -0.2) is 17.6 Å². The molecule has 0 amide bonds. The highest BCUT2D eigenvalue weighted by molar-refractivity contribution is 5.68. The summed E-state index contributed by atoms with van der Waals surface area (Å²) in [5.74, 6) is -0.0318. The van der Waals surface area contributed by atoms with Gasteiger partial charge in [0.2, 0.25) is 0 Å². The lowest BCUT2D eigenvalue weighted by Crippen LogP contribution is -2.21. The number of hydrogen-bond acceptors (Lipinski definition) is 2. The minimum atomic E-state index is -0.815. The van der Waals surface area contributed by atoms with Gasteiger partial charge >= 0.3 is 5.97 Å². The van der Waals surface area contributed by atoms with Crippen molar-refractivity contribution >= 4 is 5.97 Å². The molecule has 1 saturated carbocycles. The number of rotatable bonds is 5. The molecule has 0 heterocycles. The first-order valence-electron chi connectivity index (χ1n) is 5.27. The van der Waals surface area contributed by atoms with Gasteiger partial charge in [-0.25, -0.2) is 0 Å². The monoisotopic (exact) mass is 205 g/mol. The fourth-order valence-corrected chi connectivity index (χ4v) is 1.64. The molecule has 0 spiro atoms. The quantitative estimate of drug-likeness (QED) is 0.769. The summed E-state index contributed by atoms with van der Waals surface area (Å²) in [5.41, 5.74) is 2.55. The Kier molecular flexibility index (Phi) is 3.02. The van der Waals surface area contributed by atoms with Gasteiger partial charge in [0.05, 0.1) is 6.54 Å². The van der Waals surface area contributed by atoms with Crippen LogP contribution in [0.25, 0.3) is 0 Å². The third kappa shape index (κ3) is 3.06. The lowest BCUT2D eigenvalue weighted by Gasteiger charge is -2.03. The first-order valence-corrected chi connectivity index (χ1v) is 5.27. The maximum Gasteiger partial charge on any atom is 0.317 e. The van der Waals surface area contributed by atoms with Crippen LogP contribution in [0, 0.1) is 0 Å². The van der Waals surface area contributed by atoms with Crippen LogP contribution in [0.1, 0.15) is 29.9 Å². The molecule has 0 unspecified atom stereocenters. The summed E-state index contributed by atoms with van der Waals surface area (Å²) in [6.45, 7) is 0.640. The third-order valence-corrected chi connectivity index (χ3v) is 2.63. The fourth-order valence-electron chi connectivity index (χ4n) is 1.64. The summed E-state index contributed by atoms with van der Waals surface area (Å²) in [5, 5.41) is 11.3. The molecule has 1 fully saturated rings. The summed E-state index contributed by atoms with van der Waals surface area (Å²) >= 11 is 0. The molecule has 3 heteroatoms. The van der Waals surface area contributed by atoms with Crippen molar-refractivity contribution < 1.29 is 9.90 Å². The summed E-state index contributed by atoms with van der Waals surface area (Å²) < 4.78 is 0. The Morgan fingerprint density at radius 1 is 1.33 bits per heavy atom. The maximum absolute atomic E-state index is 10.3. The number of carboxylic acids is 1. The lowest BCUT2D eigenvalue weighted by molar-refractivity contribution is -0.135. The van der Waals surface area contributed by atoms with Crippen molar-refractivity contribution in [2.75, 3.05) is 6.54 Å². The Bertz CT molecular complexity index is 341. The summed E-state index contributed by atoms with van der Waals surface area (Å²) in [6.07, 6.45) is 2.63. The van der Waals surface area contributed by atoms with Gasteiger partial charge in [-0.2, -0.15) is 0 Å². The molecular weight excluding hydrogens is 190 g/mol. The van der Waals surface area contributed by atoms with E-state index >= 15 is 0 Å². The van der Waals surface area contributed by atoms with E-state index < -0.39 is 5.97 Å². The second-order valence-electron chi connectivity index (χ2n) is 4.01. The number of hydrogen-bond donors (Lipinski definition) is 2. The minimum absolute atomic E-state index is 0.0182. The number of carboxylic acid groups (broad SMARTS) is 1. The highest BCUT2D eigenvalue weighted by atomic mass is 16.4. The van der Waals surface area contributed by atoms with E-state index in [1.807, 2.05) is 0 Å². The van der Waals surface area contributed by atoms with Gasteiger partial charge in [-0.05, 0) is 29.9 Å². The Labute approximate surface area is 89.1 Å². The van der Waals surface area contributed by atoms with Crippen LogP contribution < -0.4 is 5.32 Å². The van der Waals surface area contributed by atoms with Gasteiger partial charge in [-0.3, -0.25) is 4.79 Å². The first kappa shape index (κ1) is 10.2. The van der Waals surface area contributed by atoms with E-state index in [0.717, 1.165) is 11.5 Å². The minimum Gasteiger partial charge on any atom is -0.480 e. The molecular formula is C12H15NO2. The second-order valence-corrected chi connectivity index (χ2v) is 4.01. The fraction of sp³-hybridized carbons (Fsp3) is 0.417. The van der Waals surface area contributed by atoms with Crippen molar-refractivity contribution in [3.63, 3.8) is 0 Å². The van der Waals surface area contributed by atoms with E-state index in [1.165, 1.54) is 18.4 Å². The highest BCUT2D eigenvalue weighted by Gasteiger charge is 2.22. The zero-order chi connectivity index (χ0) is 10.7. The topological polar surface area (TPSA) is 49.3 Å². The number of benzene rings is 1. The van der Waals surface area contributed by atoms with E-state index in [0.29, 0.717) is 6.54 Å². The molecule has 0 aromatic heterocycles. The number of carbonyl (C=O) groups is 1. The molecule has 15 heavy (non-hydrogen) atoms. The highest BCUT2D eigenvalue weighted by Crippen LogP contribution is 2.39. The average Bonchev–Trinajstić information content (AvgIpc) is 3.02. The molecule has 0 aliphatic heterocycles. The maximum atomic E-state index is 10.3. The summed E-state index contributed by atoms with van der Waals surface area (Å²) in [7, 11) is 0. The molecule has 1 aromatic carbocycles. The van der Waals surface area contributed by atoms with Gasteiger partial charge in [-0.1, -0.05) is 24.3 Å². The summed E-state index contributed by atoms with van der Waals surface area (Å²) in [4.78, 5) is 10.3. The Morgan fingerprint density at radius 2 is 2.00 bits per heavy atom. The number of aliphatic carboxylic acids is 1. The second kappa shape index (κ2) is 4.45. The smallest absolute Gasteiger partial charge is 0.317 e. The van der Waals surface area contributed by atoms with Crippen molar-refractivity contribution in [2.24, 2.45) is 0 Å². The van der Waals surface area contributed by atoms with E-state index in [-0.39, 0.29) is 6.54 Å². The van der Waals surface area contributed by atoms with Crippen LogP contribution in [-0.2, 0) is 11.3 Å². The molecule has 2 rings (SSSR count). The summed E-state index contributed by atoms with van der Waals surface area (Å²) in [6, 6.07) is 8.44. The Morgan fingerprint density at radius 3 is 2.53 bits per heavy atom. The van der Waals surface area contributed by atoms with Gasteiger partial charge in [0.25, 0.3) is 0 Å². The van der Waals surface area contributed by atoms with Gasteiger partial charge in [0.15, 0.2) is 0 Å². The third-order valence-electron chi connectivity index (χ3n) is 2.63. The van der Waals surface area contributed by atoms with Crippen LogP contribution in [0.4, 0.5) is 0 Å². The predicted molar refractivity (Wildman–Crippen MR) is 57.8 cm³/mol. The van der Waals surface area contributed by atoms with E-state index in [9.17, 15) is 4.79 Å². The Balaban J connectivity index is 1.83. The largest absolute Gasteiger partial charge is 0.480 e. The molecule has 0 atom stereocenters. The van der Waals surface area contributed by atoms with Gasteiger partial charge in [0.1, 0.15) is 0 Å². The normalized spacial score (nSPS) is 15.2. The molecule has 0 saturated heterocycles. The predicted octanol–water partition coefficient (Wildman–Crippen LogP) is 1.74. The van der Waals surface area contributed by atoms with E-state index in [2.05, 4.69) is 29.6 Å². The van der Waals surface area contributed by atoms with Crippen molar-refractivity contribution in [3.8, 4) is 0 Å². The van der Waals surface area contributed by atoms with Crippen LogP contribution in [0.2, 0.25) is 0 Å². The molecule has 1 aliphatic rings. The van der Waals surface area contributed by atoms with Gasteiger partial charge < -0.3 is 10.4 Å². The van der Waals surface area contributed by atoms with Crippen LogP contribution in [0.3, 0.4) is 0 Å². The SMILES string of the molecule is O=C(O)CNCc1ccc(C2CC2)cc1. The molecule has 3 nitrogen and oxygen atoms in total. The first-order chi connectivity index (χ1) is 7.25. The zero-order valence-corrected chi connectivity index (χ0v) is 8.57. The molecule has 0 radical (unpaired) electrons.